The summed E-state index contributed by atoms with van der Waals surface area (Å²) in [5, 5.41) is 0. The van der Waals surface area contributed by atoms with Gasteiger partial charge in [0.05, 0.1) is 11.8 Å². The van der Waals surface area contributed by atoms with E-state index in [4.69, 9.17) is 0 Å². The van der Waals surface area contributed by atoms with Gasteiger partial charge in [-0.3, -0.25) is 0 Å². The standard InChI is InChI=1S/C19H22N4/c1-2-9-23(10-3-1)17-6-4-5-15(11-17)7-8-16-12-18-19(20-13-16)22-14-21-18/h4-6,11-14H,1-3,7-10H2,(H,20,21,22). The van der Waals surface area contributed by atoms with Gasteiger partial charge >= 0.3 is 0 Å². The molecule has 0 radical (unpaired) electrons. The highest BCUT2D eigenvalue weighted by Gasteiger charge is 2.11. The minimum Gasteiger partial charge on any atom is -0.372 e. The first-order chi connectivity index (χ1) is 11.4. The van der Waals surface area contributed by atoms with E-state index in [0.717, 1.165) is 24.0 Å². The maximum atomic E-state index is 4.39. The first-order valence-electron chi connectivity index (χ1n) is 8.50. The second-order valence-electron chi connectivity index (χ2n) is 6.33. The van der Waals surface area contributed by atoms with Crippen molar-refractivity contribution in [2.24, 2.45) is 0 Å². The highest BCUT2D eigenvalue weighted by Crippen LogP contribution is 2.21. The van der Waals surface area contributed by atoms with Crippen LogP contribution in [-0.4, -0.2) is 28.0 Å². The third-order valence-corrected chi connectivity index (χ3v) is 4.66. The molecule has 0 amide bonds. The second-order valence-corrected chi connectivity index (χ2v) is 6.33. The fraction of sp³-hybridized carbons (Fsp3) is 0.368. The summed E-state index contributed by atoms with van der Waals surface area (Å²) in [6, 6.07) is 11.2. The number of fused-ring (bicyclic) bond motifs is 1. The Labute approximate surface area is 136 Å². The third-order valence-electron chi connectivity index (χ3n) is 4.66. The predicted molar refractivity (Wildman–Crippen MR) is 93.8 cm³/mol. The van der Waals surface area contributed by atoms with Gasteiger partial charge in [-0.15, -0.1) is 0 Å². The molecule has 0 spiro atoms. The molecule has 0 atom stereocenters. The van der Waals surface area contributed by atoms with Crippen LogP contribution in [0, 0.1) is 0 Å². The van der Waals surface area contributed by atoms with Gasteiger partial charge in [0, 0.05) is 25.0 Å². The lowest BCUT2D eigenvalue weighted by atomic mass is 10.0. The SMILES string of the molecule is c1cc(CCc2cnc3nc[nH]c3c2)cc(N2CCCCC2)c1. The van der Waals surface area contributed by atoms with Crippen LogP contribution in [0.15, 0.2) is 42.9 Å². The average Bonchev–Trinajstić information content (AvgIpc) is 3.09. The van der Waals surface area contributed by atoms with Crippen molar-refractivity contribution in [1.82, 2.24) is 15.0 Å². The van der Waals surface area contributed by atoms with Crippen LogP contribution >= 0.6 is 0 Å². The maximum absolute atomic E-state index is 4.39. The summed E-state index contributed by atoms with van der Waals surface area (Å²) in [5.74, 6) is 0. The zero-order valence-corrected chi connectivity index (χ0v) is 13.3. The van der Waals surface area contributed by atoms with Gasteiger partial charge < -0.3 is 9.88 Å². The summed E-state index contributed by atoms with van der Waals surface area (Å²) in [4.78, 5) is 14.2. The molecule has 4 nitrogen and oxygen atoms in total. The van der Waals surface area contributed by atoms with Crippen LogP contribution in [-0.2, 0) is 12.8 Å². The average molecular weight is 306 g/mol. The van der Waals surface area contributed by atoms with E-state index in [0.29, 0.717) is 0 Å². The van der Waals surface area contributed by atoms with E-state index in [1.165, 1.54) is 49.2 Å². The molecule has 2 aromatic heterocycles. The van der Waals surface area contributed by atoms with Crippen molar-refractivity contribution in [2.45, 2.75) is 32.1 Å². The van der Waals surface area contributed by atoms with Crippen molar-refractivity contribution in [1.29, 1.82) is 0 Å². The van der Waals surface area contributed by atoms with Crippen molar-refractivity contribution in [3.8, 4) is 0 Å². The zero-order valence-electron chi connectivity index (χ0n) is 13.3. The Balaban J connectivity index is 1.45. The number of aromatic nitrogens is 3. The maximum Gasteiger partial charge on any atom is 0.177 e. The topological polar surface area (TPSA) is 44.8 Å². The number of piperidine rings is 1. The lowest BCUT2D eigenvalue weighted by Gasteiger charge is -2.29. The Bertz CT molecular complexity index is 787. The van der Waals surface area contributed by atoms with Gasteiger partial charge in [-0.25, -0.2) is 9.97 Å². The van der Waals surface area contributed by atoms with E-state index in [2.05, 4.69) is 50.2 Å². The van der Waals surface area contributed by atoms with Crippen LogP contribution < -0.4 is 4.90 Å². The molecule has 4 heteroatoms. The van der Waals surface area contributed by atoms with E-state index in [9.17, 15) is 0 Å². The summed E-state index contributed by atoms with van der Waals surface area (Å²) in [6.07, 6.45) is 9.70. The van der Waals surface area contributed by atoms with E-state index < -0.39 is 0 Å². The van der Waals surface area contributed by atoms with Crippen LogP contribution in [0.1, 0.15) is 30.4 Å². The van der Waals surface area contributed by atoms with Crippen molar-refractivity contribution < 1.29 is 0 Å². The quantitative estimate of drug-likeness (QED) is 0.798. The summed E-state index contributed by atoms with van der Waals surface area (Å²) < 4.78 is 0. The number of nitrogens with one attached hydrogen (secondary N) is 1. The largest absolute Gasteiger partial charge is 0.372 e. The number of anilines is 1. The molecule has 1 aliphatic rings. The fourth-order valence-electron chi connectivity index (χ4n) is 3.36. The molecule has 1 aliphatic heterocycles. The number of imidazole rings is 1. The molecule has 0 aliphatic carbocycles. The molecule has 0 saturated carbocycles. The molecule has 23 heavy (non-hydrogen) atoms. The molecule has 0 bridgehead atoms. The number of aromatic amines is 1. The van der Waals surface area contributed by atoms with Crippen LogP contribution in [0.25, 0.3) is 11.2 Å². The molecular weight excluding hydrogens is 284 g/mol. The number of pyridine rings is 1. The van der Waals surface area contributed by atoms with Gasteiger partial charge in [0.25, 0.3) is 0 Å². The van der Waals surface area contributed by atoms with Crippen LogP contribution in [0.5, 0.6) is 0 Å². The number of H-pyrrole nitrogens is 1. The van der Waals surface area contributed by atoms with Crippen LogP contribution in [0.4, 0.5) is 5.69 Å². The van der Waals surface area contributed by atoms with Crippen LogP contribution in [0.2, 0.25) is 0 Å². The Kier molecular flexibility index (Phi) is 3.97. The van der Waals surface area contributed by atoms with Crippen molar-refractivity contribution in [3.63, 3.8) is 0 Å². The van der Waals surface area contributed by atoms with Gasteiger partial charge in [-0.2, -0.15) is 0 Å². The first-order valence-corrected chi connectivity index (χ1v) is 8.50. The Morgan fingerprint density at radius 1 is 0.957 bits per heavy atom. The number of hydrogen-bond donors (Lipinski definition) is 1. The van der Waals surface area contributed by atoms with E-state index >= 15 is 0 Å². The summed E-state index contributed by atoms with van der Waals surface area (Å²) in [5.41, 5.74) is 5.85. The summed E-state index contributed by atoms with van der Waals surface area (Å²) in [7, 11) is 0. The summed E-state index contributed by atoms with van der Waals surface area (Å²) in [6.45, 7) is 2.40. The molecule has 4 rings (SSSR count). The molecule has 1 saturated heterocycles. The number of aryl methyl sites for hydroxylation is 2. The molecule has 3 aromatic rings. The Hall–Kier alpha value is -2.36. The third kappa shape index (κ3) is 3.21. The van der Waals surface area contributed by atoms with E-state index in [1.807, 2.05) is 6.20 Å². The first kappa shape index (κ1) is 14.2. The lowest BCUT2D eigenvalue weighted by molar-refractivity contribution is 0.577. The molecular formula is C19H22N4. The van der Waals surface area contributed by atoms with E-state index in [-0.39, 0.29) is 0 Å². The normalized spacial score (nSPS) is 15.2. The van der Waals surface area contributed by atoms with Gasteiger partial charge in [0.1, 0.15) is 0 Å². The number of hydrogen-bond acceptors (Lipinski definition) is 3. The molecule has 3 heterocycles. The minimum atomic E-state index is 0.792. The molecule has 1 aromatic carbocycles. The van der Waals surface area contributed by atoms with Gasteiger partial charge in [-0.05, 0) is 61.4 Å². The van der Waals surface area contributed by atoms with E-state index in [1.54, 1.807) is 6.33 Å². The molecule has 1 N–H and O–H groups in total. The summed E-state index contributed by atoms with van der Waals surface area (Å²) >= 11 is 0. The van der Waals surface area contributed by atoms with Gasteiger partial charge in [0.2, 0.25) is 0 Å². The Morgan fingerprint density at radius 2 is 1.83 bits per heavy atom. The highest BCUT2D eigenvalue weighted by atomic mass is 15.1. The lowest BCUT2D eigenvalue weighted by Crippen LogP contribution is -2.29. The van der Waals surface area contributed by atoms with Crippen molar-refractivity contribution >= 4 is 16.9 Å². The zero-order chi connectivity index (χ0) is 15.5. The monoisotopic (exact) mass is 306 g/mol. The van der Waals surface area contributed by atoms with Crippen molar-refractivity contribution in [2.75, 3.05) is 18.0 Å². The second kappa shape index (κ2) is 6.41. The number of rotatable bonds is 4. The van der Waals surface area contributed by atoms with Gasteiger partial charge in [-0.1, -0.05) is 12.1 Å². The highest BCUT2D eigenvalue weighted by molar-refractivity contribution is 5.70. The number of nitrogens with zero attached hydrogens (tertiary/aromatic N) is 3. The van der Waals surface area contributed by atoms with Crippen molar-refractivity contribution in [3.05, 3.63) is 54.0 Å². The fourth-order valence-corrected chi connectivity index (χ4v) is 3.36. The van der Waals surface area contributed by atoms with Gasteiger partial charge in [0.15, 0.2) is 5.65 Å². The molecule has 118 valence electrons. The van der Waals surface area contributed by atoms with Crippen LogP contribution in [0.3, 0.4) is 0 Å². The molecule has 1 fully saturated rings. The smallest absolute Gasteiger partial charge is 0.177 e. The predicted octanol–water partition coefficient (Wildman–Crippen LogP) is 3.73. The Morgan fingerprint density at radius 3 is 2.74 bits per heavy atom. The minimum absolute atomic E-state index is 0.792. The molecule has 0 unspecified atom stereocenters. The number of benzene rings is 1.